The molecular weight excluding hydrogens is 647 g/mol. The summed E-state index contributed by atoms with van der Waals surface area (Å²) in [7, 11) is 3.16. The van der Waals surface area contributed by atoms with Gasteiger partial charge in [0.05, 0.1) is 44.0 Å². The third kappa shape index (κ3) is 7.90. The summed E-state index contributed by atoms with van der Waals surface area (Å²) in [5.74, 6) is 1.27. The summed E-state index contributed by atoms with van der Waals surface area (Å²) in [5.41, 5.74) is 2.98. The molecule has 1 aliphatic heterocycles. The first-order chi connectivity index (χ1) is 23.9. The minimum atomic E-state index is -0.429. The Hall–Kier alpha value is -5.69. The molecule has 13 heteroatoms. The third-order valence-corrected chi connectivity index (χ3v) is 8.67. The molecule has 49 heavy (non-hydrogen) atoms. The second-order valence-electron chi connectivity index (χ2n) is 10.9. The molecule has 0 spiro atoms. The number of halogens is 1. The SMILES string of the molecule is COc1ccc(C2=NN(C(=O)CSc3nnc(CNC(=O)COc4ccccc4)n3-c3ccccc3OC)[C@H](c3ccc(F)cc3)C2)cc1. The van der Waals surface area contributed by atoms with E-state index in [4.69, 9.17) is 19.3 Å². The summed E-state index contributed by atoms with van der Waals surface area (Å²) in [4.78, 5) is 26.5. The highest BCUT2D eigenvalue weighted by atomic mass is 32.2. The van der Waals surface area contributed by atoms with Crippen LogP contribution in [0.3, 0.4) is 0 Å². The van der Waals surface area contributed by atoms with Crippen LogP contribution >= 0.6 is 11.8 Å². The van der Waals surface area contributed by atoms with Crippen LogP contribution in [0.1, 0.15) is 29.4 Å². The van der Waals surface area contributed by atoms with Crippen molar-refractivity contribution in [2.45, 2.75) is 24.2 Å². The van der Waals surface area contributed by atoms with Crippen LogP contribution in [0.4, 0.5) is 4.39 Å². The number of methoxy groups -OCH3 is 2. The van der Waals surface area contributed by atoms with Gasteiger partial charge in [0.15, 0.2) is 17.6 Å². The molecule has 5 aromatic rings. The highest BCUT2D eigenvalue weighted by Crippen LogP contribution is 2.35. The van der Waals surface area contributed by atoms with Gasteiger partial charge in [0.1, 0.15) is 23.1 Å². The minimum absolute atomic E-state index is 0.0261. The number of ether oxygens (including phenoxy) is 3. The van der Waals surface area contributed by atoms with Gasteiger partial charge in [0.25, 0.3) is 11.8 Å². The summed E-state index contributed by atoms with van der Waals surface area (Å²) in [6.45, 7) is -0.127. The largest absolute Gasteiger partial charge is 0.497 e. The molecule has 6 rings (SSSR count). The van der Waals surface area contributed by atoms with E-state index in [1.54, 1.807) is 49.1 Å². The van der Waals surface area contributed by atoms with Crippen molar-refractivity contribution in [1.82, 2.24) is 25.1 Å². The van der Waals surface area contributed by atoms with E-state index >= 15 is 0 Å². The Balaban J connectivity index is 1.22. The monoisotopic (exact) mass is 680 g/mol. The maximum atomic E-state index is 13.9. The maximum absolute atomic E-state index is 13.9. The van der Waals surface area contributed by atoms with E-state index in [1.165, 1.54) is 28.9 Å². The number of hydrazone groups is 1. The van der Waals surface area contributed by atoms with Crippen LogP contribution in [0.5, 0.6) is 17.2 Å². The van der Waals surface area contributed by atoms with E-state index in [0.717, 1.165) is 16.8 Å². The van der Waals surface area contributed by atoms with E-state index in [9.17, 15) is 14.0 Å². The summed E-state index contributed by atoms with van der Waals surface area (Å²) in [6, 6.07) is 29.5. The van der Waals surface area contributed by atoms with E-state index in [2.05, 4.69) is 15.5 Å². The standard InChI is InChI=1S/C36H33FN6O5S/c1-46-27-18-14-24(15-19-27)29-20-31(25-12-16-26(37)17-13-25)43(41-29)35(45)23-49-36-40-39-33(42(36)30-10-6-7-11-32(30)47-2)21-38-34(44)22-48-28-8-4-3-5-9-28/h3-19,31H,20-23H2,1-2H3,(H,38,44)/t31-/m0/s1. The van der Waals surface area contributed by atoms with Crippen molar-refractivity contribution in [2.75, 3.05) is 26.6 Å². The van der Waals surface area contributed by atoms with Crippen LogP contribution in [-0.4, -0.2) is 63.9 Å². The molecular formula is C36H33FN6O5S. The zero-order chi connectivity index (χ0) is 34.2. The molecule has 0 saturated carbocycles. The van der Waals surface area contributed by atoms with Crippen molar-refractivity contribution >= 4 is 29.3 Å². The van der Waals surface area contributed by atoms with Crippen molar-refractivity contribution in [2.24, 2.45) is 5.10 Å². The lowest BCUT2D eigenvalue weighted by Gasteiger charge is -2.22. The van der Waals surface area contributed by atoms with Crippen LogP contribution in [0, 0.1) is 5.82 Å². The first-order valence-electron chi connectivity index (χ1n) is 15.4. The Kier molecular flexibility index (Phi) is 10.5. The van der Waals surface area contributed by atoms with Crippen LogP contribution in [0.15, 0.2) is 113 Å². The highest BCUT2D eigenvalue weighted by molar-refractivity contribution is 7.99. The van der Waals surface area contributed by atoms with E-state index in [0.29, 0.717) is 40.3 Å². The summed E-state index contributed by atoms with van der Waals surface area (Å²) < 4.78 is 32.0. The van der Waals surface area contributed by atoms with Gasteiger partial charge in [0, 0.05) is 6.42 Å². The molecule has 0 aliphatic carbocycles. The molecule has 0 bridgehead atoms. The zero-order valence-electron chi connectivity index (χ0n) is 26.8. The number of amides is 2. The average molecular weight is 681 g/mol. The van der Waals surface area contributed by atoms with Crippen molar-refractivity contribution in [3.8, 4) is 22.9 Å². The molecule has 4 aromatic carbocycles. The number of nitrogens with zero attached hydrogens (tertiary/aromatic N) is 5. The van der Waals surface area contributed by atoms with Crippen molar-refractivity contribution in [1.29, 1.82) is 0 Å². The lowest BCUT2D eigenvalue weighted by molar-refractivity contribution is -0.130. The molecule has 0 unspecified atom stereocenters. The number of rotatable bonds is 13. The predicted molar refractivity (Wildman–Crippen MR) is 183 cm³/mol. The fraction of sp³-hybridized carbons (Fsp3) is 0.194. The number of carbonyl (C=O) groups excluding carboxylic acids is 2. The molecule has 0 saturated heterocycles. The quantitative estimate of drug-likeness (QED) is 0.160. The number of benzene rings is 4. The number of para-hydroxylation sites is 3. The Labute approximate surface area is 286 Å². The fourth-order valence-electron chi connectivity index (χ4n) is 5.29. The van der Waals surface area contributed by atoms with Crippen molar-refractivity contribution in [3.05, 3.63) is 126 Å². The number of hydrogen-bond acceptors (Lipinski definition) is 9. The summed E-state index contributed by atoms with van der Waals surface area (Å²) in [5, 5.41) is 18.2. The molecule has 1 atom stereocenters. The van der Waals surface area contributed by atoms with Crippen LogP contribution in [-0.2, 0) is 16.1 Å². The van der Waals surface area contributed by atoms with Gasteiger partial charge in [0.2, 0.25) is 0 Å². The van der Waals surface area contributed by atoms with Crippen LogP contribution in [0.2, 0.25) is 0 Å². The number of aromatic nitrogens is 3. The minimum Gasteiger partial charge on any atom is -0.497 e. The molecule has 0 radical (unpaired) electrons. The maximum Gasteiger partial charge on any atom is 0.258 e. The van der Waals surface area contributed by atoms with Gasteiger partial charge in [-0.3, -0.25) is 14.2 Å². The van der Waals surface area contributed by atoms with Gasteiger partial charge in [-0.25, -0.2) is 9.40 Å². The van der Waals surface area contributed by atoms with Crippen LogP contribution in [0.25, 0.3) is 5.69 Å². The Morgan fingerprint density at radius 3 is 2.35 bits per heavy atom. The second-order valence-corrected chi connectivity index (χ2v) is 11.8. The summed E-state index contributed by atoms with van der Waals surface area (Å²) in [6.07, 6.45) is 0.448. The molecule has 1 aromatic heterocycles. The normalized spacial score (nSPS) is 13.9. The molecule has 1 N–H and O–H groups in total. The smallest absolute Gasteiger partial charge is 0.258 e. The Bertz CT molecular complexity index is 1940. The zero-order valence-corrected chi connectivity index (χ0v) is 27.6. The van der Waals surface area contributed by atoms with E-state index in [-0.39, 0.29) is 36.5 Å². The van der Waals surface area contributed by atoms with Gasteiger partial charge in [-0.2, -0.15) is 5.10 Å². The van der Waals surface area contributed by atoms with Gasteiger partial charge in [-0.1, -0.05) is 54.2 Å². The highest BCUT2D eigenvalue weighted by Gasteiger charge is 2.33. The van der Waals surface area contributed by atoms with Gasteiger partial charge < -0.3 is 19.5 Å². The van der Waals surface area contributed by atoms with Crippen molar-refractivity contribution in [3.63, 3.8) is 0 Å². The fourth-order valence-corrected chi connectivity index (χ4v) is 6.11. The number of hydrogen-bond donors (Lipinski definition) is 1. The van der Waals surface area contributed by atoms with Gasteiger partial charge in [-0.05, 0) is 71.8 Å². The number of nitrogens with one attached hydrogen (secondary N) is 1. The molecule has 0 fully saturated rings. The molecule has 11 nitrogen and oxygen atoms in total. The first kappa shape index (κ1) is 33.2. The lowest BCUT2D eigenvalue weighted by Crippen LogP contribution is -2.29. The molecule has 1 aliphatic rings. The lowest BCUT2D eigenvalue weighted by atomic mass is 9.98. The van der Waals surface area contributed by atoms with Gasteiger partial charge >= 0.3 is 0 Å². The van der Waals surface area contributed by atoms with E-state index < -0.39 is 6.04 Å². The molecule has 2 heterocycles. The average Bonchev–Trinajstić information content (AvgIpc) is 3.78. The van der Waals surface area contributed by atoms with Crippen LogP contribution < -0.4 is 19.5 Å². The summed E-state index contributed by atoms with van der Waals surface area (Å²) >= 11 is 1.18. The predicted octanol–water partition coefficient (Wildman–Crippen LogP) is 5.59. The third-order valence-electron chi connectivity index (χ3n) is 7.75. The number of thioether (sulfide) groups is 1. The van der Waals surface area contributed by atoms with Crippen molar-refractivity contribution < 1.29 is 28.2 Å². The van der Waals surface area contributed by atoms with Gasteiger partial charge in [-0.15, -0.1) is 10.2 Å². The first-order valence-corrected chi connectivity index (χ1v) is 16.4. The topological polar surface area (TPSA) is 120 Å². The Morgan fingerprint density at radius 1 is 0.878 bits per heavy atom. The number of carbonyl (C=O) groups is 2. The van der Waals surface area contributed by atoms with E-state index in [1.807, 2.05) is 60.7 Å². The molecule has 2 amide bonds. The molecule has 250 valence electrons. The second kappa shape index (κ2) is 15.5. The Morgan fingerprint density at radius 2 is 1.61 bits per heavy atom.